The Hall–Kier alpha value is -2.31. The number of carbonyl (C=O) groups is 1. The van der Waals surface area contributed by atoms with Gasteiger partial charge in [0.15, 0.2) is 0 Å². The van der Waals surface area contributed by atoms with Crippen molar-refractivity contribution in [2.24, 2.45) is 5.73 Å². The highest BCUT2D eigenvalue weighted by Crippen LogP contribution is 2.25. The third kappa shape index (κ3) is 4.41. The van der Waals surface area contributed by atoms with E-state index in [1.165, 1.54) is 0 Å². The molecule has 0 unspecified atom stereocenters. The number of urea groups is 1. The van der Waals surface area contributed by atoms with Gasteiger partial charge in [-0.3, -0.25) is 0 Å². The third-order valence-corrected chi connectivity index (χ3v) is 4.53. The standard InChI is InChI=1S/C11H7Cl2F2N5O4S/c12-7-17-8(13)19-11(18-7)20(10(16)21)25(22,23)6-3-1-2-5(4-6)24-9(14)15/h1-4,9H,(H2,16,21). The van der Waals surface area contributed by atoms with Gasteiger partial charge in [0.05, 0.1) is 4.90 Å². The molecule has 0 saturated carbocycles. The van der Waals surface area contributed by atoms with Crippen molar-refractivity contribution in [3.05, 3.63) is 34.8 Å². The number of rotatable bonds is 5. The number of aromatic nitrogens is 3. The van der Waals surface area contributed by atoms with Crippen LogP contribution in [0.1, 0.15) is 0 Å². The first-order valence-corrected chi connectivity index (χ1v) is 8.27. The highest BCUT2D eigenvalue weighted by molar-refractivity contribution is 7.93. The zero-order chi connectivity index (χ0) is 18.8. The lowest BCUT2D eigenvalue weighted by Gasteiger charge is -2.18. The Morgan fingerprint density at radius 1 is 1.20 bits per heavy atom. The first kappa shape index (κ1) is 19.0. The number of primary amides is 1. The summed E-state index contributed by atoms with van der Waals surface area (Å²) < 4.78 is 53.9. The summed E-state index contributed by atoms with van der Waals surface area (Å²) in [4.78, 5) is 21.4. The van der Waals surface area contributed by atoms with Crippen molar-refractivity contribution < 1.29 is 26.7 Å². The summed E-state index contributed by atoms with van der Waals surface area (Å²) >= 11 is 11.1. The Bertz CT molecular complexity index is 895. The molecule has 0 radical (unpaired) electrons. The number of benzene rings is 1. The van der Waals surface area contributed by atoms with Gasteiger partial charge in [-0.05, 0) is 35.3 Å². The summed E-state index contributed by atoms with van der Waals surface area (Å²) in [5, 5.41) is -0.988. The number of nitrogens with two attached hydrogens (primary N) is 1. The van der Waals surface area contributed by atoms with Crippen molar-refractivity contribution in [1.29, 1.82) is 0 Å². The number of nitrogens with zero attached hydrogens (tertiary/aromatic N) is 4. The van der Waals surface area contributed by atoms with Crippen LogP contribution in [0.5, 0.6) is 5.75 Å². The summed E-state index contributed by atoms with van der Waals surface area (Å²) in [7, 11) is -4.68. The predicted octanol–water partition coefficient (Wildman–Crippen LogP) is 2.05. The summed E-state index contributed by atoms with van der Waals surface area (Å²) in [6.45, 7) is -3.17. The van der Waals surface area contributed by atoms with Gasteiger partial charge in [-0.25, -0.2) is 13.2 Å². The van der Waals surface area contributed by atoms with Gasteiger partial charge in [-0.15, -0.1) is 4.31 Å². The fourth-order valence-corrected chi connectivity index (χ4v) is 3.26. The molecule has 1 heterocycles. The molecule has 0 spiro atoms. The number of anilines is 1. The molecule has 2 rings (SSSR count). The average molecular weight is 414 g/mol. The summed E-state index contributed by atoms with van der Waals surface area (Å²) in [5.74, 6) is -1.22. The van der Waals surface area contributed by atoms with E-state index in [2.05, 4.69) is 19.7 Å². The lowest BCUT2D eigenvalue weighted by Crippen LogP contribution is -2.42. The molecule has 1 aromatic heterocycles. The summed E-state index contributed by atoms with van der Waals surface area (Å²) in [6, 6.07) is 2.52. The van der Waals surface area contributed by atoms with Gasteiger partial charge in [-0.1, -0.05) is 6.07 Å². The fourth-order valence-electron chi connectivity index (χ4n) is 1.65. The molecular formula is C11H7Cl2F2N5O4S. The molecule has 2 N–H and O–H groups in total. The van der Waals surface area contributed by atoms with Crippen LogP contribution in [0.3, 0.4) is 0 Å². The molecule has 0 aliphatic carbocycles. The number of ether oxygens (including phenoxy) is 1. The largest absolute Gasteiger partial charge is 0.435 e. The molecule has 0 fully saturated rings. The van der Waals surface area contributed by atoms with E-state index in [9.17, 15) is 22.0 Å². The topological polar surface area (TPSA) is 128 Å². The fraction of sp³-hybridized carbons (Fsp3) is 0.0909. The van der Waals surface area contributed by atoms with Gasteiger partial charge in [-0.2, -0.15) is 23.7 Å². The molecule has 2 amide bonds. The minimum absolute atomic E-state index is 0.00602. The number of halogens is 4. The van der Waals surface area contributed by atoms with Gasteiger partial charge in [0, 0.05) is 6.07 Å². The Balaban J connectivity index is 2.55. The average Bonchev–Trinajstić information content (AvgIpc) is 2.45. The van der Waals surface area contributed by atoms with Crippen molar-refractivity contribution in [3.63, 3.8) is 0 Å². The number of sulfonamides is 1. The molecular weight excluding hydrogens is 407 g/mol. The second-order valence-electron chi connectivity index (χ2n) is 4.13. The number of carbonyl (C=O) groups excluding carboxylic acids is 1. The molecule has 1 aromatic carbocycles. The van der Waals surface area contributed by atoms with Crippen LogP contribution in [-0.2, 0) is 10.0 Å². The minimum atomic E-state index is -4.68. The number of hydrogen-bond acceptors (Lipinski definition) is 7. The van der Waals surface area contributed by atoms with Crippen LogP contribution in [0, 0.1) is 0 Å². The Morgan fingerprint density at radius 3 is 2.32 bits per heavy atom. The van der Waals surface area contributed by atoms with Gasteiger partial charge >= 0.3 is 12.6 Å². The van der Waals surface area contributed by atoms with Gasteiger partial charge in [0.2, 0.25) is 10.6 Å². The zero-order valence-corrected chi connectivity index (χ0v) is 14.1. The molecule has 134 valence electrons. The van der Waals surface area contributed by atoms with E-state index >= 15 is 0 Å². The van der Waals surface area contributed by atoms with Gasteiger partial charge in [0.1, 0.15) is 5.75 Å². The SMILES string of the molecule is NC(=O)N(c1nc(Cl)nc(Cl)n1)S(=O)(=O)c1cccc(OC(F)F)c1. The highest BCUT2D eigenvalue weighted by Gasteiger charge is 2.33. The smallest absolute Gasteiger partial charge is 0.387 e. The number of hydrogen-bond donors (Lipinski definition) is 1. The van der Waals surface area contributed by atoms with E-state index in [0.29, 0.717) is 0 Å². The van der Waals surface area contributed by atoms with Crippen molar-refractivity contribution in [2.45, 2.75) is 11.5 Å². The number of alkyl halides is 2. The highest BCUT2D eigenvalue weighted by atomic mass is 35.5. The van der Waals surface area contributed by atoms with Crippen LogP contribution in [0.25, 0.3) is 0 Å². The van der Waals surface area contributed by atoms with Crippen molar-refractivity contribution in [3.8, 4) is 5.75 Å². The van der Waals surface area contributed by atoms with Crippen LogP contribution in [0.2, 0.25) is 10.6 Å². The van der Waals surface area contributed by atoms with Crippen LogP contribution in [0.4, 0.5) is 19.5 Å². The van der Waals surface area contributed by atoms with Crippen molar-refractivity contribution in [1.82, 2.24) is 15.0 Å². The molecule has 14 heteroatoms. The third-order valence-electron chi connectivity index (χ3n) is 2.52. The first-order valence-electron chi connectivity index (χ1n) is 6.08. The van der Waals surface area contributed by atoms with Gasteiger partial charge < -0.3 is 10.5 Å². The van der Waals surface area contributed by atoms with Crippen LogP contribution in [0.15, 0.2) is 29.2 Å². The Labute approximate surface area is 149 Å². The lowest BCUT2D eigenvalue weighted by molar-refractivity contribution is -0.0499. The summed E-state index contributed by atoms with van der Waals surface area (Å²) in [5.41, 5.74) is 5.08. The predicted molar refractivity (Wildman–Crippen MR) is 82.2 cm³/mol. The maximum atomic E-state index is 12.6. The maximum Gasteiger partial charge on any atom is 0.387 e. The maximum absolute atomic E-state index is 12.6. The molecule has 0 saturated heterocycles. The molecule has 25 heavy (non-hydrogen) atoms. The molecule has 0 aliphatic heterocycles. The van der Waals surface area contributed by atoms with E-state index in [1.807, 2.05) is 0 Å². The summed E-state index contributed by atoms with van der Waals surface area (Å²) in [6.07, 6.45) is 0. The Morgan fingerprint density at radius 2 is 1.80 bits per heavy atom. The number of amides is 2. The van der Waals surface area contributed by atoms with Gasteiger partial charge in [0.25, 0.3) is 16.0 Å². The molecule has 0 bridgehead atoms. The second kappa shape index (κ2) is 7.29. The van der Waals surface area contributed by atoms with Crippen LogP contribution < -0.4 is 14.8 Å². The molecule has 2 aromatic rings. The monoisotopic (exact) mass is 413 g/mol. The van der Waals surface area contributed by atoms with E-state index in [0.717, 1.165) is 24.3 Å². The molecule has 0 aliphatic rings. The minimum Gasteiger partial charge on any atom is -0.435 e. The Kier molecular flexibility index (Phi) is 5.55. The van der Waals surface area contributed by atoms with E-state index in [4.69, 9.17) is 28.9 Å². The molecule has 0 atom stereocenters. The lowest BCUT2D eigenvalue weighted by atomic mass is 10.3. The van der Waals surface area contributed by atoms with Crippen molar-refractivity contribution >= 4 is 45.2 Å². The van der Waals surface area contributed by atoms with E-state index in [1.54, 1.807) is 0 Å². The van der Waals surface area contributed by atoms with Crippen molar-refractivity contribution in [2.75, 3.05) is 4.31 Å². The normalized spacial score (nSPS) is 11.4. The van der Waals surface area contributed by atoms with Crippen LogP contribution in [-0.4, -0.2) is 36.0 Å². The van der Waals surface area contributed by atoms with Crippen LogP contribution >= 0.6 is 23.2 Å². The second-order valence-corrected chi connectivity index (χ2v) is 6.60. The zero-order valence-electron chi connectivity index (χ0n) is 11.8. The van der Waals surface area contributed by atoms with E-state index in [-0.39, 0.29) is 4.31 Å². The van der Waals surface area contributed by atoms with E-state index < -0.39 is 49.8 Å². The molecule has 9 nitrogen and oxygen atoms in total. The quantitative estimate of drug-likeness (QED) is 0.793. The first-order chi connectivity index (χ1) is 11.6.